The highest BCUT2D eigenvalue weighted by Gasteiger charge is 2.20. The summed E-state index contributed by atoms with van der Waals surface area (Å²) in [6.07, 6.45) is 1.86. The number of amides is 1. The minimum atomic E-state index is 0.144. The van der Waals surface area contributed by atoms with Gasteiger partial charge in [-0.3, -0.25) is 4.79 Å². The number of nitrogens with zero attached hydrogens (tertiary/aromatic N) is 1. The van der Waals surface area contributed by atoms with Crippen molar-refractivity contribution in [3.8, 4) is 0 Å². The van der Waals surface area contributed by atoms with E-state index in [1.807, 2.05) is 32.3 Å². The lowest BCUT2D eigenvalue weighted by molar-refractivity contribution is -0.120. The van der Waals surface area contributed by atoms with Gasteiger partial charge in [-0.1, -0.05) is 6.07 Å². The number of hydrogen-bond donors (Lipinski definition) is 2. The number of rotatable bonds is 3. The molecule has 19 heavy (non-hydrogen) atoms. The highest BCUT2D eigenvalue weighted by Crippen LogP contribution is 2.23. The van der Waals surface area contributed by atoms with E-state index in [1.54, 1.807) is 0 Å². The number of piperidine rings is 1. The third-order valence-corrected chi connectivity index (χ3v) is 3.67. The Balaban J connectivity index is 2.06. The molecule has 0 radical (unpaired) electrons. The highest BCUT2D eigenvalue weighted by atomic mass is 16.1. The maximum Gasteiger partial charge on any atom is 0.227 e. The third kappa shape index (κ3) is 3.47. The number of aryl methyl sites for hydroxylation is 1. The van der Waals surface area contributed by atoms with E-state index in [-0.39, 0.29) is 11.8 Å². The van der Waals surface area contributed by atoms with Crippen LogP contribution in [0.3, 0.4) is 0 Å². The molecule has 0 aliphatic carbocycles. The van der Waals surface area contributed by atoms with Gasteiger partial charge in [-0.15, -0.1) is 0 Å². The monoisotopic (exact) mass is 261 g/mol. The molecule has 104 valence electrons. The molecule has 1 amide bonds. The van der Waals surface area contributed by atoms with Crippen LogP contribution in [0.2, 0.25) is 0 Å². The van der Waals surface area contributed by atoms with E-state index in [0.29, 0.717) is 0 Å². The Morgan fingerprint density at radius 3 is 2.63 bits per heavy atom. The highest BCUT2D eigenvalue weighted by molar-refractivity contribution is 5.93. The zero-order valence-electron chi connectivity index (χ0n) is 12.0. The smallest absolute Gasteiger partial charge is 0.227 e. The van der Waals surface area contributed by atoms with Crippen molar-refractivity contribution in [1.29, 1.82) is 0 Å². The summed E-state index contributed by atoms with van der Waals surface area (Å²) < 4.78 is 0. The van der Waals surface area contributed by atoms with E-state index in [0.717, 1.165) is 37.3 Å². The number of benzene rings is 1. The van der Waals surface area contributed by atoms with Crippen molar-refractivity contribution >= 4 is 17.3 Å². The normalized spacial score (nSPS) is 16.2. The summed E-state index contributed by atoms with van der Waals surface area (Å²) >= 11 is 0. The summed E-state index contributed by atoms with van der Waals surface area (Å²) in [5.74, 6) is 0.292. The van der Waals surface area contributed by atoms with Gasteiger partial charge in [0.25, 0.3) is 0 Å². The second-order valence-electron chi connectivity index (χ2n) is 5.41. The summed E-state index contributed by atoms with van der Waals surface area (Å²) in [5.41, 5.74) is 3.24. The maximum absolute atomic E-state index is 12.2. The second-order valence-corrected chi connectivity index (χ2v) is 5.41. The zero-order valence-corrected chi connectivity index (χ0v) is 12.0. The molecular formula is C15H23N3O. The Kier molecular flexibility index (Phi) is 4.43. The molecule has 0 atom stereocenters. The van der Waals surface area contributed by atoms with Crippen LogP contribution in [0, 0.1) is 12.8 Å². The minimum absolute atomic E-state index is 0.144. The molecule has 1 saturated heterocycles. The van der Waals surface area contributed by atoms with Crippen LogP contribution in [0.15, 0.2) is 18.2 Å². The van der Waals surface area contributed by atoms with Crippen molar-refractivity contribution in [2.24, 2.45) is 5.92 Å². The number of anilines is 2. The molecule has 1 aliphatic rings. The van der Waals surface area contributed by atoms with E-state index in [9.17, 15) is 4.79 Å². The first-order chi connectivity index (χ1) is 9.08. The van der Waals surface area contributed by atoms with E-state index in [4.69, 9.17) is 0 Å². The number of hydrogen-bond acceptors (Lipinski definition) is 3. The zero-order chi connectivity index (χ0) is 13.8. The van der Waals surface area contributed by atoms with Gasteiger partial charge in [-0.05, 0) is 50.6 Å². The Bertz CT molecular complexity index is 451. The van der Waals surface area contributed by atoms with Gasteiger partial charge in [-0.2, -0.15) is 0 Å². The largest absolute Gasteiger partial charge is 0.377 e. The van der Waals surface area contributed by atoms with E-state index >= 15 is 0 Å². The lowest BCUT2D eigenvalue weighted by Gasteiger charge is -2.22. The van der Waals surface area contributed by atoms with Gasteiger partial charge in [-0.25, -0.2) is 0 Å². The van der Waals surface area contributed by atoms with Crippen LogP contribution in [0.4, 0.5) is 11.4 Å². The van der Waals surface area contributed by atoms with Gasteiger partial charge >= 0.3 is 0 Å². The van der Waals surface area contributed by atoms with Crippen LogP contribution in [0.1, 0.15) is 18.4 Å². The molecular weight excluding hydrogens is 238 g/mol. The fraction of sp³-hybridized carbons (Fsp3) is 0.533. The quantitative estimate of drug-likeness (QED) is 0.874. The number of carbonyl (C=O) groups excluding carboxylic acids is 1. The van der Waals surface area contributed by atoms with Gasteiger partial charge in [0.2, 0.25) is 5.91 Å². The number of nitrogens with one attached hydrogen (secondary N) is 2. The van der Waals surface area contributed by atoms with Crippen LogP contribution in [-0.4, -0.2) is 33.1 Å². The SMILES string of the molecule is Cc1ccc(NC(=O)C2CCNCC2)cc1N(C)C. The van der Waals surface area contributed by atoms with Crippen molar-refractivity contribution in [1.82, 2.24) is 5.32 Å². The van der Waals surface area contributed by atoms with Crippen LogP contribution in [0.5, 0.6) is 0 Å². The van der Waals surface area contributed by atoms with E-state index in [2.05, 4.69) is 22.5 Å². The van der Waals surface area contributed by atoms with Gasteiger partial charge in [0.1, 0.15) is 0 Å². The number of carbonyl (C=O) groups is 1. The molecule has 0 unspecified atom stereocenters. The lowest BCUT2D eigenvalue weighted by Crippen LogP contribution is -2.34. The Labute approximate surface area is 115 Å². The molecule has 0 bridgehead atoms. The van der Waals surface area contributed by atoms with E-state index in [1.165, 1.54) is 5.56 Å². The van der Waals surface area contributed by atoms with Gasteiger partial charge in [0.05, 0.1) is 0 Å². The van der Waals surface area contributed by atoms with Crippen molar-refractivity contribution in [3.63, 3.8) is 0 Å². The molecule has 1 aliphatic heterocycles. The Morgan fingerprint density at radius 1 is 1.32 bits per heavy atom. The molecule has 1 fully saturated rings. The first-order valence-corrected chi connectivity index (χ1v) is 6.87. The molecule has 4 nitrogen and oxygen atoms in total. The topological polar surface area (TPSA) is 44.4 Å². The molecule has 0 aromatic heterocycles. The van der Waals surface area contributed by atoms with Crippen molar-refractivity contribution in [2.45, 2.75) is 19.8 Å². The molecule has 0 spiro atoms. The Hall–Kier alpha value is -1.55. The van der Waals surface area contributed by atoms with Crippen LogP contribution in [0.25, 0.3) is 0 Å². The standard InChI is InChI=1S/C15H23N3O/c1-11-4-5-13(10-14(11)18(2)3)17-15(19)12-6-8-16-9-7-12/h4-5,10,12,16H,6-9H2,1-3H3,(H,17,19). The summed E-state index contributed by atoms with van der Waals surface area (Å²) in [7, 11) is 4.03. The average molecular weight is 261 g/mol. The molecule has 0 saturated carbocycles. The molecule has 4 heteroatoms. The van der Waals surface area contributed by atoms with Crippen LogP contribution < -0.4 is 15.5 Å². The lowest BCUT2D eigenvalue weighted by atomic mass is 9.97. The predicted molar refractivity (Wildman–Crippen MR) is 79.7 cm³/mol. The fourth-order valence-corrected chi connectivity index (χ4v) is 2.50. The Morgan fingerprint density at radius 2 is 2.00 bits per heavy atom. The molecule has 1 aromatic rings. The summed E-state index contributed by atoms with van der Waals surface area (Å²) in [4.78, 5) is 14.2. The molecule has 2 rings (SSSR count). The maximum atomic E-state index is 12.2. The molecule has 1 heterocycles. The fourth-order valence-electron chi connectivity index (χ4n) is 2.50. The first-order valence-electron chi connectivity index (χ1n) is 6.87. The van der Waals surface area contributed by atoms with Crippen LogP contribution in [-0.2, 0) is 4.79 Å². The van der Waals surface area contributed by atoms with Gasteiger partial charge in [0.15, 0.2) is 0 Å². The average Bonchev–Trinajstić information content (AvgIpc) is 2.41. The van der Waals surface area contributed by atoms with Gasteiger partial charge < -0.3 is 15.5 Å². The first kappa shape index (κ1) is 13.9. The summed E-state index contributed by atoms with van der Waals surface area (Å²) in [6, 6.07) is 6.06. The van der Waals surface area contributed by atoms with Crippen molar-refractivity contribution < 1.29 is 4.79 Å². The third-order valence-electron chi connectivity index (χ3n) is 3.67. The summed E-state index contributed by atoms with van der Waals surface area (Å²) in [5, 5.41) is 6.32. The molecule has 1 aromatic carbocycles. The van der Waals surface area contributed by atoms with Crippen molar-refractivity contribution in [2.75, 3.05) is 37.4 Å². The van der Waals surface area contributed by atoms with E-state index < -0.39 is 0 Å². The predicted octanol–water partition coefficient (Wildman–Crippen LogP) is 2.00. The minimum Gasteiger partial charge on any atom is -0.377 e. The summed E-state index contributed by atoms with van der Waals surface area (Å²) in [6.45, 7) is 3.96. The molecule has 2 N–H and O–H groups in total. The second kappa shape index (κ2) is 6.06. The van der Waals surface area contributed by atoms with Crippen LogP contribution >= 0.6 is 0 Å². The van der Waals surface area contributed by atoms with Crippen molar-refractivity contribution in [3.05, 3.63) is 23.8 Å². The van der Waals surface area contributed by atoms with Gasteiger partial charge in [0, 0.05) is 31.4 Å².